The third-order valence-corrected chi connectivity index (χ3v) is 6.40. The van der Waals surface area contributed by atoms with Crippen LogP contribution in [0.2, 0.25) is 0 Å². The molecule has 0 amide bonds. The van der Waals surface area contributed by atoms with E-state index >= 15 is 0 Å². The van der Waals surface area contributed by atoms with Crippen LogP contribution in [0.25, 0.3) is 0 Å². The van der Waals surface area contributed by atoms with Crippen LogP contribution < -0.4 is 14.2 Å². The van der Waals surface area contributed by atoms with Gasteiger partial charge < -0.3 is 14.2 Å². The van der Waals surface area contributed by atoms with Gasteiger partial charge in [0.15, 0.2) is 11.5 Å². The van der Waals surface area contributed by atoms with Crippen molar-refractivity contribution in [2.24, 2.45) is 0 Å². The molecule has 7 nitrogen and oxygen atoms in total. The number of sulfonamides is 1. The van der Waals surface area contributed by atoms with E-state index in [1.807, 2.05) is 6.07 Å². The maximum absolute atomic E-state index is 12.7. The first kappa shape index (κ1) is 16.6. The number of aromatic nitrogens is 1. The van der Waals surface area contributed by atoms with Gasteiger partial charge in [-0.2, -0.15) is 4.31 Å². The van der Waals surface area contributed by atoms with E-state index in [-0.39, 0.29) is 24.1 Å². The van der Waals surface area contributed by atoms with Gasteiger partial charge in [0.2, 0.25) is 15.9 Å². The zero-order valence-corrected chi connectivity index (χ0v) is 15.5. The molecule has 0 radical (unpaired) electrons. The fourth-order valence-electron chi connectivity index (χ4n) is 2.62. The Labute approximate surface area is 153 Å². The van der Waals surface area contributed by atoms with Crippen molar-refractivity contribution < 1.29 is 22.6 Å². The minimum absolute atomic E-state index is 0.189. The van der Waals surface area contributed by atoms with Crippen LogP contribution in [-0.2, 0) is 10.0 Å². The van der Waals surface area contributed by atoms with Crippen molar-refractivity contribution in [3.05, 3.63) is 41.0 Å². The first-order valence-electron chi connectivity index (χ1n) is 7.71. The molecule has 4 rings (SSSR count). The second-order valence-corrected chi connectivity index (χ2v) is 8.45. The summed E-state index contributed by atoms with van der Waals surface area (Å²) in [6.07, 6.45) is 1.40. The van der Waals surface area contributed by atoms with E-state index in [1.54, 1.807) is 18.3 Å². The second kappa shape index (κ2) is 6.47. The summed E-state index contributed by atoms with van der Waals surface area (Å²) in [6.45, 7) is 1.43. The van der Waals surface area contributed by atoms with E-state index in [4.69, 9.17) is 14.2 Å². The molecule has 1 saturated heterocycles. The molecule has 1 fully saturated rings. The van der Waals surface area contributed by atoms with Gasteiger partial charge in [0, 0.05) is 12.3 Å². The lowest BCUT2D eigenvalue weighted by molar-refractivity contribution is 0.0713. The fraction of sp³-hybridized carbons (Fsp3) is 0.312. The lowest BCUT2D eigenvalue weighted by atomic mass is 10.2. The topological polar surface area (TPSA) is 78.0 Å². The molecule has 0 N–H and O–H groups in total. The van der Waals surface area contributed by atoms with Gasteiger partial charge in [-0.1, -0.05) is 0 Å². The quantitative estimate of drug-likeness (QED) is 0.744. The van der Waals surface area contributed by atoms with E-state index in [0.29, 0.717) is 30.6 Å². The van der Waals surface area contributed by atoms with Gasteiger partial charge in [0.25, 0.3) is 0 Å². The molecule has 9 heteroatoms. The first-order chi connectivity index (χ1) is 12.0. The predicted molar refractivity (Wildman–Crippen MR) is 92.5 cm³/mol. The van der Waals surface area contributed by atoms with Gasteiger partial charge >= 0.3 is 0 Å². The number of nitrogens with zero attached hydrogens (tertiary/aromatic N) is 2. The summed E-state index contributed by atoms with van der Waals surface area (Å²) in [5.74, 6) is 1.48. The summed E-state index contributed by atoms with van der Waals surface area (Å²) in [7, 11) is -3.59. The molecule has 0 bridgehead atoms. The summed E-state index contributed by atoms with van der Waals surface area (Å²) in [6, 6.07) is 8.28. The number of pyridine rings is 1. The van der Waals surface area contributed by atoms with Gasteiger partial charge in [-0.15, -0.1) is 0 Å². The second-order valence-electron chi connectivity index (χ2n) is 5.66. The highest BCUT2D eigenvalue weighted by molar-refractivity contribution is 9.10. The molecule has 0 unspecified atom stereocenters. The molecule has 0 spiro atoms. The number of halogens is 1. The average molecular weight is 427 g/mol. The van der Waals surface area contributed by atoms with Crippen molar-refractivity contribution in [1.82, 2.24) is 9.29 Å². The zero-order valence-electron chi connectivity index (χ0n) is 13.1. The first-order valence-corrected chi connectivity index (χ1v) is 9.94. The minimum atomic E-state index is -3.59. The highest BCUT2D eigenvalue weighted by atomic mass is 79.9. The highest BCUT2D eigenvalue weighted by Crippen LogP contribution is 2.34. The molecule has 2 aliphatic heterocycles. The molecule has 1 aromatic heterocycles. The molecule has 132 valence electrons. The van der Waals surface area contributed by atoms with E-state index in [2.05, 4.69) is 20.9 Å². The lowest BCUT2D eigenvalue weighted by Crippen LogP contribution is -2.56. The van der Waals surface area contributed by atoms with E-state index in [1.165, 1.54) is 16.4 Å². The molecule has 0 aliphatic carbocycles. The van der Waals surface area contributed by atoms with Crippen molar-refractivity contribution in [1.29, 1.82) is 0 Å². The Balaban J connectivity index is 1.45. The van der Waals surface area contributed by atoms with Crippen molar-refractivity contribution in [3.63, 3.8) is 0 Å². The van der Waals surface area contributed by atoms with Gasteiger partial charge in [-0.05, 0) is 40.2 Å². The number of benzene rings is 1. The smallest absolute Gasteiger partial charge is 0.243 e. The van der Waals surface area contributed by atoms with Crippen molar-refractivity contribution in [3.8, 4) is 17.4 Å². The molecule has 0 atom stereocenters. The zero-order chi connectivity index (χ0) is 17.4. The number of fused-ring (bicyclic) bond motifs is 1. The van der Waals surface area contributed by atoms with Crippen molar-refractivity contribution in [2.75, 3.05) is 26.3 Å². The highest BCUT2D eigenvalue weighted by Gasteiger charge is 2.39. The normalized spacial score (nSPS) is 17.8. The molecule has 2 aliphatic rings. The minimum Gasteiger partial charge on any atom is -0.486 e. The lowest BCUT2D eigenvalue weighted by Gasteiger charge is -2.37. The Morgan fingerprint density at radius 2 is 1.92 bits per heavy atom. The van der Waals surface area contributed by atoms with Crippen LogP contribution in [0.15, 0.2) is 45.9 Å². The standard InChI is InChI=1S/C16H15BrN2O5S/c17-13-2-1-5-18-16(13)24-11-9-19(10-11)25(20,21)12-3-4-14-15(8-12)23-7-6-22-14/h1-5,8,11H,6-7,9-10H2. The summed E-state index contributed by atoms with van der Waals surface area (Å²) < 4.78 is 44.1. The summed E-state index contributed by atoms with van der Waals surface area (Å²) in [4.78, 5) is 4.32. The monoisotopic (exact) mass is 426 g/mol. The largest absolute Gasteiger partial charge is 0.486 e. The maximum atomic E-state index is 12.7. The van der Waals surface area contributed by atoms with Crippen LogP contribution >= 0.6 is 15.9 Å². The third kappa shape index (κ3) is 3.19. The Hall–Kier alpha value is -1.84. The maximum Gasteiger partial charge on any atom is 0.243 e. The molecule has 0 saturated carbocycles. The van der Waals surface area contributed by atoms with Gasteiger partial charge in [0.1, 0.15) is 19.3 Å². The van der Waals surface area contributed by atoms with Gasteiger partial charge in [-0.3, -0.25) is 0 Å². The Bertz CT molecular complexity index is 899. The molecule has 25 heavy (non-hydrogen) atoms. The Morgan fingerprint density at radius 1 is 1.16 bits per heavy atom. The van der Waals surface area contributed by atoms with E-state index in [0.717, 1.165) is 4.47 Å². The average Bonchev–Trinajstić information content (AvgIpc) is 2.58. The molecule has 1 aromatic carbocycles. The molecule has 3 heterocycles. The number of hydrogen-bond acceptors (Lipinski definition) is 6. The van der Waals surface area contributed by atoms with Crippen LogP contribution in [0, 0.1) is 0 Å². The summed E-state index contributed by atoms with van der Waals surface area (Å²) >= 11 is 3.36. The van der Waals surface area contributed by atoms with Crippen LogP contribution in [0.5, 0.6) is 17.4 Å². The Kier molecular flexibility index (Phi) is 4.30. The Morgan fingerprint density at radius 3 is 2.68 bits per heavy atom. The fourth-order valence-corrected chi connectivity index (χ4v) is 4.49. The molecular weight excluding hydrogens is 412 g/mol. The van der Waals surface area contributed by atoms with Crippen molar-refractivity contribution in [2.45, 2.75) is 11.0 Å². The van der Waals surface area contributed by atoms with E-state index < -0.39 is 10.0 Å². The van der Waals surface area contributed by atoms with E-state index in [9.17, 15) is 8.42 Å². The van der Waals surface area contributed by atoms with Crippen LogP contribution in [0.3, 0.4) is 0 Å². The van der Waals surface area contributed by atoms with Gasteiger partial charge in [0.05, 0.1) is 22.5 Å². The number of hydrogen-bond donors (Lipinski definition) is 0. The molecule has 2 aromatic rings. The van der Waals surface area contributed by atoms with Crippen LogP contribution in [0.1, 0.15) is 0 Å². The SMILES string of the molecule is O=S(=O)(c1ccc2c(c1)OCCO2)N1CC(Oc2ncccc2Br)C1. The van der Waals surface area contributed by atoms with Crippen molar-refractivity contribution >= 4 is 26.0 Å². The number of rotatable bonds is 4. The van der Waals surface area contributed by atoms with Gasteiger partial charge in [-0.25, -0.2) is 13.4 Å². The predicted octanol–water partition coefficient (Wildman–Crippen LogP) is 2.07. The summed E-state index contributed by atoms with van der Waals surface area (Å²) in [5, 5.41) is 0. The summed E-state index contributed by atoms with van der Waals surface area (Å²) in [5.41, 5.74) is 0. The van der Waals surface area contributed by atoms with Crippen LogP contribution in [-0.4, -0.2) is 50.1 Å². The molecular formula is C16H15BrN2O5S. The third-order valence-electron chi connectivity index (χ3n) is 3.97. The number of ether oxygens (including phenoxy) is 3. The van der Waals surface area contributed by atoms with Crippen LogP contribution in [0.4, 0.5) is 0 Å².